The SMILES string of the molecule is NCc1cc(Br)ccc1OCC(=O)O. The van der Waals surface area contributed by atoms with Crippen LogP contribution < -0.4 is 10.5 Å². The van der Waals surface area contributed by atoms with E-state index in [1.54, 1.807) is 18.2 Å². The Kier molecular flexibility index (Phi) is 3.91. The third kappa shape index (κ3) is 3.01. The Bertz CT molecular complexity index is 341. The Morgan fingerprint density at radius 1 is 1.57 bits per heavy atom. The summed E-state index contributed by atoms with van der Waals surface area (Å²) in [5.41, 5.74) is 6.26. The van der Waals surface area contributed by atoms with E-state index in [2.05, 4.69) is 15.9 Å². The van der Waals surface area contributed by atoms with Crippen LogP contribution in [-0.2, 0) is 11.3 Å². The van der Waals surface area contributed by atoms with Crippen LogP contribution in [-0.4, -0.2) is 17.7 Å². The molecule has 0 atom stereocenters. The summed E-state index contributed by atoms with van der Waals surface area (Å²) in [5.74, 6) is -0.492. The monoisotopic (exact) mass is 259 g/mol. The predicted octanol–water partition coefficient (Wildman–Crippen LogP) is 1.37. The minimum Gasteiger partial charge on any atom is -0.482 e. The Morgan fingerprint density at radius 3 is 2.86 bits per heavy atom. The molecular weight excluding hydrogens is 250 g/mol. The molecule has 0 aliphatic heterocycles. The zero-order chi connectivity index (χ0) is 10.6. The van der Waals surface area contributed by atoms with Crippen molar-refractivity contribution in [3.8, 4) is 5.75 Å². The van der Waals surface area contributed by atoms with Crippen molar-refractivity contribution in [2.45, 2.75) is 6.54 Å². The zero-order valence-corrected chi connectivity index (χ0v) is 8.95. The molecule has 0 aliphatic rings. The number of hydrogen-bond acceptors (Lipinski definition) is 3. The van der Waals surface area contributed by atoms with Gasteiger partial charge in [-0.1, -0.05) is 15.9 Å². The smallest absolute Gasteiger partial charge is 0.341 e. The largest absolute Gasteiger partial charge is 0.482 e. The van der Waals surface area contributed by atoms with E-state index in [-0.39, 0.29) is 6.61 Å². The molecule has 14 heavy (non-hydrogen) atoms. The van der Waals surface area contributed by atoms with Gasteiger partial charge in [0.2, 0.25) is 0 Å². The molecule has 0 aromatic heterocycles. The number of aliphatic carboxylic acids is 1. The number of nitrogens with two attached hydrogens (primary N) is 1. The number of hydrogen-bond donors (Lipinski definition) is 2. The molecule has 0 bridgehead atoms. The van der Waals surface area contributed by atoms with Crippen LogP contribution in [0, 0.1) is 0 Å². The fourth-order valence-corrected chi connectivity index (χ4v) is 1.40. The second-order valence-electron chi connectivity index (χ2n) is 2.64. The summed E-state index contributed by atoms with van der Waals surface area (Å²) in [6.45, 7) is -0.0387. The maximum atomic E-state index is 10.3. The van der Waals surface area contributed by atoms with Crippen LogP contribution in [0.4, 0.5) is 0 Å². The molecule has 0 fully saturated rings. The lowest BCUT2D eigenvalue weighted by Gasteiger charge is -2.08. The number of carboxylic acids is 1. The molecule has 0 amide bonds. The van der Waals surface area contributed by atoms with Gasteiger partial charge in [-0.3, -0.25) is 0 Å². The normalized spacial score (nSPS) is 9.86. The van der Waals surface area contributed by atoms with E-state index in [0.717, 1.165) is 10.0 Å². The Hall–Kier alpha value is -1.07. The molecule has 1 aromatic rings. The van der Waals surface area contributed by atoms with Gasteiger partial charge in [0.25, 0.3) is 0 Å². The minimum absolute atomic E-state index is 0.314. The predicted molar refractivity (Wildman–Crippen MR) is 55.2 cm³/mol. The molecule has 0 unspecified atom stereocenters. The second kappa shape index (κ2) is 4.97. The van der Waals surface area contributed by atoms with Gasteiger partial charge in [0, 0.05) is 16.6 Å². The van der Waals surface area contributed by atoms with Crippen molar-refractivity contribution in [1.29, 1.82) is 0 Å². The fraction of sp³-hybridized carbons (Fsp3) is 0.222. The van der Waals surface area contributed by atoms with Gasteiger partial charge < -0.3 is 15.6 Å². The summed E-state index contributed by atoms with van der Waals surface area (Å²) in [6, 6.07) is 5.27. The van der Waals surface area contributed by atoms with Crippen molar-refractivity contribution in [1.82, 2.24) is 0 Å². The highest BCUT2D eigenvalue weighted by atomic mass is 79.9. The van der Waals surface area contributed by atoms with Gasteiger partial charge in [-0.2, -0.15) is 0 Å². The average Bonchev–Trinajstić information content (AvgIpc) is 2.15. The first-order valence-electron chi connectivity index (χ1n) is 3.96. The number of carboxylic acid groups (broad SMARTS) is 1. The lowest BCUT2D eigenvalue weighted by Crippen LogP contribution is -2.11. The van der Waals surface area contributed by atoms with E-state index in [1.807, 2.05) is 0 Å². The molecule has 0 radical (unpaired) electrons. The second-order valence-corrected chi connectivity index (χ2v) is 3.55. The molecule has 3 N–H and O–H groups in total. The molecule has 0 spiro atoms. The lowest BCUT2D eigenvalue weighted by molar-refractivity contribution is -0.139. The molecule has 0 saturated heterocycles. The first-order chi connectivity index (χ1) is 6.63. The van der Waals surface area contributed by atoms with Crippen LogP contribution in [0.3, 0.4) is 0 Å². The number of halogens is 1. The van der Waals surface area contributed by atoms with Gasteiger partial charge in [0.15, 0.2) is 6.61 Å². The van der Waals surface area contributed by atoms with E-state index < -0.39 is 5.97 Å². The third-order valence-electron chi connectivity index (χ3n) is 1.59. The number of benzene rings is 1. The van der Waals surface area contributed by atoms with Crippen LogP contribution in [0.15, 0.2) is 22.7 Å². The van der Waals surface area contributed by atoms with Gasteiger partial charge in [0.05, 0.1) is 0 Å². The molecule has 1 aromatic carbocycles. The van der Waals surface area contributed by atoms with Crippen LogP contribution in [0.25, 0.3) is 0 Å². The molecule has 1 rings (SSSR count). The van der Waals surface area contributed by atoms with Crippen molar-refractivity contribution in [2.24, 2.45) is 5.73 Å². The van der Waals surface area contributed by atoms with E-state index >= 15 is 0 Å². The molecular formula is C9H10BrNO3. The molecule has 76 valence electrons. The summed E-state index contributed by atoms with van der Waals surface area (Å²) < 4.78 is 5.93. The minimum atomic E-state index is -1.00. The highest BCUT2D eigenvalue weighted by Gasteiger charge is 2.04. The molecule has 0 heterocycles. The Morgan fingerprint density at radius 2 is 2.29 bits per heavy atom. The number of rotatable bonds is 4. The Balaban J connectivity index is 2.80. The molecule has 5 heteroatoms. The first kappa shape index (κ1) is 11.0. The molecule has 0 aliphatic carbocycles. The number of ether oxygens (including phenoxy) is 1. The summed E-state index contributed by atoms with van der Waals surface area (Å²) in [5, 5.41) is 8.43. The third-order valence-corrected chi connectivity index (χ3v) is 2.09. The fourth-order valence-electron chi connectivity index (χ4n) is 0.988. The summed E-state index contributed by atoms with van der Waals surface area (Å²) >= 11 is 3.29. The van der Waals surface area contributed by atoms with Crippen LogP contribution in [0.1, 0.15) is 5.56 Å². The van der Waals surface area contributed by atoms with Gasteiger partial charge in [-0.05, 0) is 18.2 Å². The summed E-state index contributed by atoms with van der Waals surface area (Å²) in [7, 11) is 0. The van der Waals surface area contributed by atoms with Crippen molar-refractivity contribution >= 4 is 21.9 Å². The van der Waals surface area contributed by atoms with Crippen LogP contribution >= 0.6 is 15.9 Å². The van der Waals surface area contributed by atoms with Crippen molar-refractivity contribution in [2.75, 3.05) is 6.61 Å². The van der Waals surface area contributed by atoms with Gasteiger partial charge in [-0.25, -0.2) is 4.79 Å². The Labute approximate surface area is 89.8 Å². The van der Waals surface area contributed by atoms with E-state index in [4.69, 9.17) is 15.6 Å². The summed E-state index contributed by atoms with van der Waals surface area (Å²) in [4.78, 5) is 10.3. The van der Waals surface area contributed by atoms with Crippen molar-refractivity contribution < 1.29 is 14.6 Å². The van der Waals surface area contributed by atoms with E-state index in [0.29, 0.717) is 12.3 Å². The van der Waals surface area contributed by atoms with Gasteiger partial charge >= 0.3 is 5.97 Å². The van der Waals surface area contributed by atoms with Crippen molar-refractivity contribution in [3.63, 3.8) is 0 Å². The van der Waals surface area contributed by atoms with Crippen LogP contribution in [0.2, 0.25) is 0 Å². The maximum Gasteiger partial charge on any atom is 0.341 e. The van der Waals surface area contributed by atoms with E-state index in [9.17, 15) is 4.79 Å². The first-order valence-corrected chi connectivity index (χ1v) is 4.76. The highest BCUT2D eigenvalue weighted by molar-refractivity contribution is 9.10. The quantitative estimate of drug-likeness (QED) is 0.857. The zero-order valence-electron chi connectivity index (χ0n) is 7.37. The number of carbonyl (C=O) groups is 1. The van der Waals surface area contributed by atoms with E-state index in [1.165, 1.54) is 0 Å². The standard InChI is InChI=1S/C9H10BrNO3/c10-7-1-2-8(6(3-7)4-11)14-5-9(12)13/h1-3H,4-5,11H2,(H,12,13). The highest BCUT2D eigenvalue weighted by Crippen LogP contribution is 2.22. The van der Waals surface area contributed by atoms with Crippen LogP contribution in [0.5, 0.6) is 5.75 Å². The van der Waals surface area contributed by atoms with Gasteiger partial charge in [-0.15, -0.1) is 0 Å². The lowest BCUT2D eigenvalue weighted by atomic mass is 10.2. The molecule has 0 saturated carbocycles. The van der Waals surface area contributed by atoms with Gasteiger partial charge in [0.1, 0.15) is 5.75 Å². The maximum absolute atomic E-state index is 10.3. The average molecular weight is 260 g/mol. The summed E-state index contributed by atoms with van der Waals surface area (Å²) in [6.07, 6.45) is 0. The van der Waals surface area contributed by atoms with Crippen molar-refractivity contribution in [3.05, 3.63) is 28.2 Å². The topological polar surface area (TPSA) is 72.5 Å². The molecule has 4 nitrogen and oxygen atoms in total.